The van der Waals surface area contributed by atoms with E-state index in [1.807, 2.05) is 47.0 Å². The minimum absolute atomic E-state index is 0.0931. The van der Waals surface area contributed by atoms with Crippen LogP contribution in [0.15, 0.2) is 18.2 Å². The molecule has 1 aromatic heterocycles. The van der Waals surface area contributed by atoms with Crippen LogP contribution in [-0.4, -0.2) is 45.4 Å². The first-order valence-corrected chi connectivity index (χ1v) is 13.2. The number of carbonyl (C=O) groups is 1. The van der Waals surface area contributed by atoms with Crippen molar-refractivity contribution >= 4 is 40.8 Å². The molecular weight excluding hydrogens is 452 g/mol. The summed E-state index contributed by atoms with van der Waals surface area (Å²) in [6.07, 6.45) is 1.21. The van der Waals surface area contributed by atoms with E-state index in [0.29, 0.717) is 23.9 Å². The van der Waals surface area contributed by atoms with E-state index < -0.39 is 0 Å². The highest BCUT2D eigenvalue weighted by Crippen LogP contribution is 2.67. The lowest BCUT2D eigenvalue weighted by molar-refractivity contribution is -0.141. The summed E-state index contributed by atoms with van der Waals surface area (Å²) in [6.45, 7) is 2.65. The Kier molecular flexibility index (Phi) is 5.59. The van der Waals surface area contributed by atoms with Gasteiger partial charge in [0.1, 0.15) is 4.08 Å². The van der Waals surface area contributed by atoms with Crippen LogP contribution in [-0.2, 0) is 13.6 Å². The predicted molar refractivity (Wildman–Crippen MR) is 126 cm³/mol. The van der Waals surface area contributed by atoms with Crippen LogP contribution in [0.3, 0.4) is 0 Å². The molecule has 0 N–H and O–H groups in total. The van der Waals surface area contributed by atoms with Crippen LogP contribution in [0.25, 0.3) is 0 Å². The maximum atomic E-state index is 13.1. The Morgan fingerprint density at radius 2 is 1.71 bits per heavy atom. The Morgan fingerprint density at radius 1 is 1.03 bits per heavy atom. The number of esters is 1. The first-order chi connectivity index (χ1) is 15.0. The van der Waals surface area contributed by atoms with E-state index in [-0.39, 0.29) is 27.8 Å². The fraction of sp³-hybridized carbons (Fsp3) is 0.522. The molecule has 0 bridgehead atoms. The summed E-state index contributed by atoms with van der Waals surface area (Å²) in [7, 11) is 4.85. The number of ether oxygens (including phenoxy) is 4. The van der Waals surface area contributed by atoms with E-state index in [9.17, 15) is 4.79 Å². The Balaban J connectivity index is 1.73. The van der Waals surface area contributed by atoms with Crippen molar-refractivity contribution in [2.24, 2.45) is 11.8 Å². The zero-order valence-corrected chi connectivity index (χ0v) is 20.5. The first kappa shape index (κ1) is 21.3. The quantitative estimate of drug-likeness (QED) is 0.571. The van der Waals surface area contributed by atoms with Gasteiger partial charge >= 0.3 is 5.97 Å². The molecule has 8 heteroatoms. The molecule has 1 aromatic carbocycles. The average molecular weight is 479 g/mol. The number of fused-ring (bicyclic) bond motifs is 4. The summed E-state index contributed by atoms with van der Waals surface area (Å²) < 4.78 is 22.4. The van der Waals surface area contributed by atoms with E-state index >= 15 is 0 Å². The van der Waals surface area contributed by atoms with E-state index in [1.54, 1.807) is 21.3 Å². The van der Waals surface area contributed by atoms with Gasteiger partial charge in [-0.3, -0.25) is 4.79 Å². The molecule has 1 aliphatic carbocycles. The smallest absolute Gasteiger partial charge is 0.310 e. The number of thioether (sulfide) groups is 2. The van der Waals surface area contributed by atoms with Gasteiger partial charge in [-0.05, 0) is 54.2 Å². The van der Waals surface area contributed by atoms with Crippen molar-refractivity contribution in [3.05, 3.63) is 39.1 Å². The third-order valence-corrected chi connectivity index (χ3v) is 11.5. The van der Waals surface area contributed by atoms with Crippen molar-refractivity contribution in [1.82, 2.24) is 0 Å². The van der Waals surface area contributed by atoms with Crippen molar-refractivity contribution in [2.75, 3.05) is 39.4 Å². The highest BCUT2D eigenvalue weighted by atomic mass is 32.2. The maximum Gasteiger partial charge on any atom is 0.310 e. The Hall–Kier alpha value is -1.51. The van der Waals surface area contributed by atoms with Crippen molar-refractivity contribution in [3.63, 3.8) is 0 Å². The minimum Gasteiger partial charge on any atom is -0.493 e. The SMILES string of the molecule is COc1cc([C@@H]2c3cc(C)sc3C3(SCCCS3)[C@@H]3COC(=O)[C@@H]23)cc(OC)c1OC. The van der Waals surface area contributed by atoms with Gasteiger partial charge in [0.05, 0.1) is 33.9 Å². The predicted octanol–water partition coefficient (Wildman–Crippen LogP) is 5.04. The second-order valence-corrected chi connectivity index (χ2v) is 12.3. The lowest BCUT2D eigenvalue weighted by Gasteiger charge is -2.47. The van der Waals surface area contributed by atoms with Crippen LogP contribution in [0.1, 0.15) is 33.2 Å². The monoisotopic (exact) mass is 478 g/mol. The summed E-state index contributed by atoms with van der Waals surface area (Å²) >= 11 is 5.90. The van der Waals surface area contributed by atoms with Crippen LogP contribution < -0.4 is 14.2 Å². The molecule has 5 nitrogen and oxygen atoms in total. The molecule has 2 aromatic rings. The minimum atomic E-state index is -0.220. The number of cyclic esters (lactones) is 1. The summed E-state index contributed by atoms with van der Waals surface area (Å²) in [5.74, 6) is 3.75. The van der Waals surface area contributed by atoms with Gasteiger partial charge in [0.15, 0.2) is 11.5 Å². The molecule has 2 fully saturated rings. The molecule has 3 aliphatic rings. The number of benzene rings is 1. The lowest BCUT2D eigenvalue weighted by atomic mass is 9.69. The molecular formula is C23H26O5S3. The van der Waals surface area contributed by atoms with Gasteiger partial charge in [0.25, 0.3) is 0 Å². The molecule has 5 rings (SSSR count). The summed E-state index contributed by atoms with van der Waals surface area (Å²) in [5.41, 5.74) is 2.25. The number of hydrogen-bond donors (Lipinski definition) is 0. The number of aryl methyl sites for hydroxylation is 1. The van der Waals surface area contributed by atoms with Gasteiger partial charge in [0.2, 0.25) is 5.75 Å². The molecule has 1 spiro atoms. The fourth-order valence-corrected chi connectivity index (χ4v) is 10.5. The van der Waals surface area contributed by atoms with Gasteiger partial charge in [-0.2, -0.15) is 0 Å². The third-order valence-electron chi connectivity index (χ3n) is 6.46. The Bertz CT molecular complexity index is 986. The average Bonchev–Trinajstić information content (AvgIpc) is 3.37. The molecule has 0 amide bonds. The van der Waals surface area contributed by atoms with E-state index in [0.717, 1.165) is 17.1 Å². The van der Waals surface area contributed by atoms with Crippen LogP contribution in [0, 0.1) is 18.8 Å². The van der Waals surface area contributed by atoms with Crippen molar-refractivity contribution in [2.45, 2.75) is 23.3 Å². The zero-order chi connectivity index (χ0) is 21.8. The van der Waals surface area contributed by atoms with Crippen LogP contribution in [0.2, 0.25) is 0 Å². The largest absolute Gasteiger partial charge is 0.493 e. The molecule has 2 aliphatic heterocycles. The van der Waals surface area contributed by atoms with Crippen LogP contribution in [0.5, 0.6) is 17.2 Å². The lowest BCUT2D eigenvalue weighted by Crippen LogP contribution is -2.43. The number of methoxy groups -OCH3 is 3. The van der Waals surface area contributed by atoms with E-state index in [1.165, 1.54) is 21.7 Å². The number of hydrogen-bond acceptors (Lipinski definition) is 8. The Morgan fingerprint density at radius 3 is 2.32 bits per heavy atom. The van der Waals surface area contributed by atoms with Gasteiger partial charge in [-0.1, -0.05) is 0 Å². The number of carbonyl (C=O) groups excluding carboxylic acids is 1. The Labute approximate surface area is 195 Å². The number of rotatable bonds is 4. The van der Waals surface area contributed by atoms with Crippen molar-refractivity contribution in [1.29, 1.82) is 0 Å². The van der Waals surface area contributed by atoms with Crippen LogP contribution in [0.4, 0.5) is 0 Å². The topological polar surface area (TPSA) is 54.0 Å². The summed E-state index contributed by atoms with van der Waals surface area (Å²) in [5, 5.41) is 0. The fourth-order valence-electron chi connectivity index (χ4n) is 5.21. The van der Waals surface area contributed by atoms with Gasteiger partial charge < -0.3 is 18.9 Å². The standard InChI is InChI=1S/C23H26O5S3/c1-12-8-14-18(13-9-16(25-2)20(27-4)17(10-13)26-3)19-15(11-28-22(19)24)23(21(14)31-12)29-6-5-7-30-23/h8-10,15,18-19H,5-7,11H2,1-4H3/t15-,18-,19-/m1/s1. The highest BCUT2D eigenvalue weighted by Gasteiger charge is 2.61. The number of thiophene rings is 1. The zero-order valence-electron chi connectivity index (χ0n) is 18.1. The van der Waals surface area contributed by atoms with Gasteiger partial charge in [0, 0.05) is 21.6 Å². The molecule has 0 radical (unpaired) electrons. The maximum absolute atomic E-state index is 13.1. The van der Waals surface area contributed by atoms with E-state index in [2.05, 4.69) is 13.0 Å². The molecule has 3 heterocycles. The molecule has 0 unspecified atom stereocenters. The van der Waals surface area contributed by atoms with Gasteiger partial charge in [-0.25, -0.2) is 0 Å². The third kappa shape index (κ3) is 3.16. The molecule has 2 saturated heterocycles. The molecule has 166 valence electrons. The molecule has 0 saturated carbocycles. The normalized spacial score (nSPS) is 26.2. The molecule has 3 atom stereocenters. The van der Waals surface area contributed by atoms with Crippen molar-refractivity contribution in [3.8, 4) is 17.2 Å². The molecule has 31 heavy (non-hydrogen) atoms. The first-order valence-electron chi connectivity index (χ1n) is 10.4. The van der Waals surface area contributed by atoms with Gasteiger partial charge in [-0.15, -0.1) is 34.9 Å². The second-order valence-electron chi connectivity index (χ2n) is 8.06. The summed E-state index contributed by atoms with van der Waals surface area (Å²) in [6, 6.07) is 6.25. The van der Waals surface area contributed by atoms with E-state index in [4.69, 9.17) is 18.9 Å². The van der Waals surface area contributed by atoms with Crippen molar-refractivity contribution < 1.29 is 23.7 Å². The summed E-state index contributed by atoms with van der Waals surface area (Å²) in [4.78, 5) is 15.8. The highest BCUT2D eigenvalue weighted by molar-refractivity contribution is 8.18. The van der Waals surface area contributed by atoms with Crippen LogP contribution >= 0.6 is 34.9 Å². The second kappa shape index (κ2) is 8.12.